The van der Waals surface area contributed by atoms with E-state index < -0.39 is 12.1 Å². The first-order valence-electron chi connectivity index (χ1n) is 9.17. The lowest BCUT2D eigenvalue weighted by molar-refractivity contribution is -0.192. The molecule has 1 amide bonds. The van der Waals surface area contributed by atoms with E-state index in [1.165, 1.54) is 0 Å². The number of nitrogens with zero attached hydrogens (tertiary/aromatic N) is 4. The van der Waals surface area contributed by atoms with E-state index in [0.717, 1.165) is 36.5 Å². The average molecular weight is 480 g/mol. The summed E-state index contributed by atoms with van der Waals surface area (Å²) in [6.07, 6.45) is -1.39. The van der Waals surface area contributed by atoms with Gasteiger partial charge in [0.1, 0.15) is 0 Å². The van der Waals surface area contributed by atoms with Gasteiger partial charge in [0, 0.05) is 29.6 Å². The number of rotatable bonds is 5. The lowest BCUT2D eigenvalue weighted by Crippen LogP contribution is -2.40. The molecule has 1 aliphatic rings. The predicted octanol–water partition coefficient (Wildman–Crippen LogP) is 2.98. The molecule has 0 radical (unpaired) electrons. The quantitative estimate of drug-likeness (QED) is 0.633. The van der Waals surface area contributed by atoms with Crippen LogP contribution in [0, 0.1) is 0 Å². The summed E-state index contributed by atoms with van der Waals surface area (Å²) in [6, 6.07) is 7.85. The molecule has 3 N–H and O–H groups in total. The van der Waals surface area contributed by atoms with Gasteiger partial charge >= 0.3 is 12.1 Å². The highest BCUT2D eigenvalue weighted by molar-refractivity contribution is 8.00. The molecule has 2 aromatic rings. The molecule has 1 saturated heterocycles. The molecule has 170 valence electrons. The van der Waals surface area contributed by atoms with Crippen LogP contribution in [0.1, 0.15) is 24.6 Å². The van der Waals surface area contributed by atoms with Crippen molar-refractivity contribution in [2.45, 2.75) is 36.5 Å². The molecule has 1 fully saturated rings. The summed E-state index contributed by atoms with van der Waals surface area (Å²) >= 11 is 7.41. The standard InChI is InChI=1S/C16H20ClN5OS.C2HF3O2/c17-12-1-3-15(4-2-12)24-11-16(23)21-7-5-14(6-8-21)22-10-13(9-18)19-20-22;3-2(4,5)1(6)7/h1-4,10,14H,5-9,11,18H2;(H,6,7). The van der Waals surface area contributed by atoms with Gasteiger partial charge in [-0.3, -0.25) is 4.79 Å². The molecule has 0 saturated carbocycles. The molecule has 13 heteroatoms. The van der Waals surface area contributed by atoms with Crippen molar-refractivity contribution in [3.8, 4) is 0 Å². The average Bonchev–Trinajstić information content (AvgIpc) is 3.22. The van der Waals surface area contributed by atoms with Crippen LogP contribution in [0.15, 0.2) is 35.4 Å². The summed E-state index contributed by atoms with van der Waals surface area (Å²) < 4.78 is 33.6. The summed E-state index contributed by atoms with van der Waals surface area (Å²) in [5, 5.41) is 16.0. The number of nitrogens with two attached hydrogens (primary N) is 1. The Kier molecular flexibility index (Phi) is 9.14. The summed E-state index contributed by atoms with van der Waals surface area (Å²) in [6.45, 7) is 1.91. The van der Waals surface area contributed by atoms with Crippen LogP contribution in [-0.2, 0) is 16.1 Å². The first-order valence-corrected chi connectivity index (χ1v) is 10.5. The Bertz CT molecular complexity index is 871. The second-order valence-corrected chi connectivity index (χ2v) is 8.04. The minimum atomic E-state index is -5.08. The van der Waals surface area contributed by atoms with Crippen LogP contribution >= 0.6 is 23.4 Å². The van der Waals surface area contributed by atoms with E-state index in [4.69, 9.17) is 27.2 Å². The van der Waals surface area contributed by atoms with Gasteiger partial charge in [-0.05, 0) is 37.1 Å². The fourth-order valence-electron chi connectivity index (χ4n) is 2.73. The van der Waals surface area contributed by atoms with Gasteiger partial charge in [0.2, 0.25) is 5.91 Å². The monoisotopic (exact) mass is 479 g/mol. The molecule has 1 aromatic carbocycles. The number of thioether (sulfide) groups is 1. The van der Waals surface area contributed by atoms with Crippen LogP contribution in [0.2, 0.25) is 5.02 Å². The predicted molar refractivity (Wildman–Crippen MR) is 109 cm³/mol. The molecule has 0 aliphatic carbocycles. The minimum Gasteiger partial charge on any atom is -0.475 e. The normalized spacial score (nSPS) is 14.7. The van der Waals surface area contributed by atoms with E-state index >= 15 is 0 Å². The number of piperidine rings is 1. The van der Waals surface area contributed by atoms with E-state index in [1.807, 2.05) is 40.0 Å². The SMILES string of the molecule is NCc1cn(C2CCN(C(=O)CSc3ccc(Cl)cc3)CC2)nn1.O=C(O)C(F)(F)F. The molecular formula is C18H21ClF3N5O3S. The maximum atomic E-state index is 12.4. The molecule has 0 unspecified atom stereocenters. The van der Waals surface area contributed by atoms with Crippen LogP contribution in [0.4, 0.5) is 13.2 Å². The van der Waals surface area contributed by atoms with E-state index in [0.29, 0.717) is 23.4 Å². The summed E-state index contributed by atoms with van der Waals surface area (Å²) in [5.41, 5.74) is 6.36. The molecule has 31 heavy (non-hydrogen) atoms. The number of hydrogen-bond donors (Lipinski definition) is 2. The van der Waals surface area contributed by atoms with Crippen molar-refractivity contribution in [2.24, 2.45) is 5.73 Å². The number of carboxylic acid groups (broad SMARTS) is 1. The van der Waals surface area contributed by atoms with Gasteiger partial charge in [-0.2, -0.15) is 13.2 Å². The lowest BCUT2D eigenvalue weighted by atomic mass is 10.1. The summed E-state index contributed by atoms with van der Waals surface area (Å²) in [5.74, 6) is -2.13. The van der Waals surface area contributed by atoms with Crippen molar-refractivity contribution in [1.82, 2.24) is 19.9 Å². The highest BCUT2D eigenvalue weighted by atomic mass is 35.5. The molecule has 1 aromatic heterocycles. The zero-order chi connectivity index (χ0) is 23.0. The Morgan fingerprint density at radius 2 is 1.81 bits per heavy atom. The van der Waals surface area contributed by atoms with Gasteiger partial charge < -0.3 is 15.7 Å². The number of likely N-dealkylation sites (tertiary alicyclic amines) is 1. The third-order valence-electron chi connectivity index (χ3n) is 4.38. The first-order chi connectivity index (χ1) is 14.6. The number of alkyl halides is 3. The fraction of sp³-hybridized carbons (Fsp3) is 0.444. The molecule has 0 bridgehead atoms. The van der Waals surface area contributed by atoms with Crippen molar-refractivity contribution in [3.05, 3.63) is 41.2 Å². The minimum absolute atomic E-state index is 0.176. The topological polar surface area (TPSA) is 114 Å². The van der Waals surface area contributed by atoms with E-state index in [2.05, 4.69) is 10.3 Å². The fourth-order valence-corrected chi connectivity index (χ4v) is 3.66. The zero-order valence-electron chi connectivity index (χ0n) is 16.3. The third kappa shape index (κ3) is 8.04. The summed E-state index contributed by atoms with van der Waals surface area (Å²) in [4.78, 5) is 24.2. The van der Waals surface area contributed by atoms with Crippen molar-refractivity contribution in [3.63, 3.8) is 0 Å². The van der Waals surface area contributed by atoms with Crippen molar-refractivity contribution in [1.29, 1.82) is 0 Å². The Morgan fingerprint density at radius 1 is 1.23 bits per heavy atom. The second-order valence-electron chi connectivity index (χ2n) is 6.55. The lowest BCUT2D eigenvalue weighted by Gasteiger charge is -2.31. The number of halogens is 4. The summed E-state index contributed by atoms with van der Waals surface area (Å²) in [7, 11) is 0. The van der Waals surface area contributed by atoms with E-state index in [-0.39, 0.29) is 5.91 Å². The first kappa shape index (κ1) is 25.0. The van der Waals surface area contributed by atoms with Gasteiger partial charge in [0.25, 0.3) is 0 Å². The Hall–Kier alpha value is -2.31. The van der Waals surface area contributed by atoms with Crippen molar-refractivity contribution >= 4 is 35.2 Å². The van der Waals surface area contributed by atoms with Crippen LogP contribution < -0.4 is 5.73 Å². The second kappa shape index (κ2) is 11.3. The third-order valence-corrected chi connectivity index (χ3v) is 5.63. The van der Waals surface area contributed by atoms with Crippen LogP contribution in [0.5, 0.6) is 0 Å². The van der Waals surface area contributed by atoms with Gasteiger partial charge in [0.15, 0.2) is 0 Å². The van der Waals surface area contributed by atoms with E-state index in [9.17, 15) is 18.0 Å². The highest BCUT2D eigenvalue weighted by Crippen LogP contribution is 2.24. The molecule has 8 nitrogen and oxygen atoms in total. The van der Waals surface area contributed by atoms with Crippen LogP contribution in [-0.4, -0.2) is 61.9 Å². The Balaban J connectivity index is 0.000000423. The number of carbonyl (C=O) groups is 2. The number of benzene rings is 1. The molecule has 2 heterocycles. The van der Waals surface area contributed by atoms with Crippen molar-refractivity contribution < 1.29 is 27.9 Å². The highest BCUT2D eigenvalue weighted by Gasteiger charge is 2.38. The van der Waals surface area contributed by atoms with E-state index in [1.54, 1.807) is 11.8 Å². The molecule has 0 atom stereocenters. The molecule has 1 aliphatic heterocycles. The number of aliphatic carboxylic acids is 1. The van der Waals surface area contributed by atoms with Crippen molar-refractivity contribution in [2.75, 3.05) is 18.8 Å². The zero-order valence-corrected chi connectivity index (χ0v) is 17.8. The smallest absolute Gasteiger partial charge is 0.475 e. The van der Waals surface area contributed by atoms with Crippen LogP contribution in [0.25, 0.3) is 0 Å². The number of hydrogen-bond acceptors (Lipinski definition) is 6. The molecule has 3 rings (SSSR count). The number of amides is 1. The molecular weight excluding hydrogens is 459 g/mol. The maximum absolute atomic E-state index is 12.4. The Morgan fingerprint density at radius 3 is 2.29 bits per heavy atom. The number of aromatic nitrogens is 3. The molecule has 0 spiro atoms. The van der Waals surface area contributed by atoms with Gasteiger partial charge in [0.05, 0.1) is 23.7 Å². The van der Waals surface area contributed by atoms with Gasteiger partial charge in [-0.1, -0.05) is 16.8 Å². The van der Waals surface area contributed by atoms with Gasteiger partial charge in [-0.15, -0.1) is 16.9 Å². The van der Waals surface area contributed by atoms with Gasteiger partial charge in [-0.25, -0.2) is 9.48 Å². The van der Waals surface area contributed by atoms with Crippen LogP contribution in [0.3, 0.4) is 0 Å². The maximum Gasteiger partial charge on any atom is 0.490 e. The number of carboxylic acids is 1. The Labute approximate surface area is 185 Å². The number of carbonyl (C=O) groups excluding carboxylic acids is 1. The largest absolute Gasteiger partial charge is 0.490 e.